The van der Waals surface area contributed by atoms with Crippen LogP contribution in [-0.2, 0) is 26.9 Å². The lowest BCUT2D eigenvalue weighted by atomic mass is 9.65. The largest absolute Gasteiger partial charge is 0.466 e. The van der Waals surface area contributed by atoms with Crippen LogP contribution in [0.3, 0.4) is 0 Å². The van der Waals surface area contributed by atoms with E-state index < -0.39 is 88.3 Å². The second-order valence-corrected chi connectivity index (χ2v) is 14.2. The SMILES string of the molecule is CCOC(=O)C[C@H](NC(=O)C(CC(C)C)n1cc(CCCN(C)C)c(C(F)(F)F)cc1=O)C1(C(F)(F)F)C(F)=C(C)C=C(c2c(C)cccc2C)C1F. The zero-order valence-corrected chi connectivity index (χ0v) is 31.1. The number of benzene rings is 1. The summed E-state index contributed by atoms with van der Waals surface area (Å²) in [5.41, 5.74) is -7.27. The molecule has 1 amide bonds. The molecule has 0 fully saturated rings. The number of hydrogen-bond donors (Lipinski definition) is 1. The Kier molecular flexibility index (Phi) is 13.9. The minimum atomic E-state index is -5.78. The third kappa shape index (κ3) is 9.39. The van der Waals surface area contributed by atoms with Crippen molar-refractivity contribution in [1.82, 2.24) is 14.8 Å². The summed E-state index contributed by atoms with van der Waals surface area (Å²) in [4.78, 5) is 42.2. The lowest BCUT2D eigenvalue weighted by Crippen LogP contribution is -2.63. The smallest absolute Gasteiger partial charge is 0.416 e. The molecule has 0 spiro atoms. The number of carbonyl (C=O) groups is 2. The van der Waals surface area contributed by atoms with E-state index in [9.17, 15) is 27.6 Å². The van der Waals surface area contributed by atoms with Gasteiger partial charge in [-0.3, -0.25) is 14.4 Å². The van der Waals surface area contributed by atoms with Gasteiger partial charge >= 0.3 is 18.3 Å². The normalized spacial score (nSPS) is 19.4. The molecule has 294 valence electrons. The molecule has 0 saturated carbocycles. The number of esters is 1. The van der Waals surface area contributed by atoms with Crippen molar-refractivity contribution in [3.63, 3.8) is 0 Å². The Morgan fingerprint density at radius 3 is 2.17 bits per heavy atom. The van der Waals surface area contributed by atoms with Crippen LogP contribution < -0.4 is 10.9 Å². The Hall–Kier alpha value is -4.01. The molecule has 1 aromatic heterocycles. The van der Waals surface area contributed by atoms with Crippen molar-refractivity contribution < 1.29 is 49.4 Å². The number of aromatic nitrogens is 1. The molecule has 3 rings (SSSR count). The number of alkyl halides is 7. The Labute approximate surface area is 304 Å². The molecule has 53 heavy (non-hydrogen) atoms. The van der Waals surface area contributed by atoms with Crippen molar-refractivity contribution in [2.75, 3.05) is 27.2 Å². The molecule has 0 radical (unpaired) electrons. The molecule has 4 atom stereocenters. The zero-order valence-electron chi connectivity index (χ0n) is 31.1. The predicted molar refractivity (Wildman–Crippen MR) is 185 cm³/mol. The molecular weight excluding hydrogens is 714 g/mol. The van der Waals surface area contributed by atoms with Crippen molar-refractivity contribution in [3.8, 4) is 0 Å². The summed E-state index contributed by atoms with van der Waals surface area (Å²) in [7, 11) is 3.42. The Morgan fingerprint density at radius 1 is 1.06 bits per heavy atom. The zero-order chi connectivity index (χ0) is 40.2. The average Bonchev–Trinajstić information content (AvgIpc) is 3.01. The lowest BCUT2D eigenvalue weighted by Gasteiger charge is -2.46. The maximum atomic E-state index is 17.1. The predicted octanol–water partition coefficient (Wildman–Crippen LogP) is 8.23. The molecule has 1 heterocycles. The van der Waals surface area contributed by atoms with Gasteiger partial charge < -0.3 is 19.5 Å². The Morgan fingerprint density at radius 2 is 1.66 bits per heavy atom. The molecule has 1 aliphatic carbocycles. The summed E-state index contributed by atoms with van der Waals surface area (Å²) >= 11 is 0. The molecule has 1 N–H and O–H groups in total. The van der Waals surface area contributed by atoms with Gasteiger partial charge in [0.2, 0.25) is 5.91 Å². The third-order valence-electron chi connectivity index (χ3n) is 9.39. The van der Waals surface area contributed by atoms with Crippen molar-refractivity contribution in [2.45, 2.75) is 97.8 Å². The molecule has 3 unspecified atom stereocenters. The summed E-state index contributed by atoms with van der Waals surface area (Å²) in [6, 6.07) is 0.605. The number of nitrogens with zero attached hydrogens (tertiary/aromatic N) is 2. The highest BCUT2D eigenvalue weighted by Gasteiger charge is 2.70. The summed E-state index contributed by atoms with van der Waals surface area (Å²) in [5, 5.41) is 2.07. The number of aryl methyl sites for hydroxylation is 3. The van der Waals surface area contributed by atoms with E-state index in [-0.39, 0.29) is 37.0 Å². The van der Waals surface area contributed by atoms with Crippen molar-refractivity contribution in [3.05, 3.63) is 86.1 Å². The van der Waals surface area contributed by atoms with Gasteiger partial charge in [-0.1, -0.05) is 32.0 Å². The van der Waals surface area contributed by atoms with Gasteiger partial charge in [0.25, 0.3) is 5.56 Å². The summed E-state index contributed by atoms with van der Waals surface area (Å²) < 4.78 is 128. The Balaban J connectivity index is 2.30. The van der Waals surface area contributed by atoms with E-state index in [1.54, 1.807) is 64.9 Å². The minimum Gasteiger partial charge on any atom is -0.466 e. The fraction of sp³-hybridized carbons (Fsp3) is 0.553. The topological polar surface area (TPSA) is 80.6 Å². The van der Waals surface area contributed by atoms with Crippen LogP contribution in [0.5, 0.6) is 0 Å². The molecule has 0 saturated heterocycles. The standard InChI is InChI=1S/C38H47F8N3O4/c1-9-53-31(51)19-29(36(38(44,45)46)33(39)24(6)17-26(34(36)40)32-22(4)12-10-13-23(32)5)47-35(52)28(16-21(2)3)49-20-25(14-11-15-48(7)8)27(18-30(49)50)37(41,42)43/h10,12-13,17-18,20-21,28-29,34H,9,11,14-16,19H2,1-8H3,(H,47,52)/t28?,29-,34?,36?/m0/s1. The number of amides is 1. The average molecular weight is 762 g/mol. The van der Waals surface area contributed by atoms with Crippen LogP contribution in [0, 0.1) is 25.2 Å². The number of carbonyl (C=O) groups excluding carboxylic acids is 2. The van der Waals surface area contributed by atoms with E-state index in [4.69, 9.17) is 4.74 Å². The van der Waals surface area contributed by atoms with Crippen LogP contribution in [-0.4, -0.2) is 67.0 Å². The maximum absolute atomic E-state index is 17.1. The number of halogens is 8. The number of rotatable bonds is 14. The monoisotopic (exact) mass is 761 g/mol. The second kappa shape index (κ2) is 17.0. The number of pyridine rings is 1. The van der Waals surface area contributed by atoms with Crippen molar-refractivity contribution in [1.29, 1.82) is 0 Å². The first kappa shape index (κ1) is 43.4. The fourth-order valence-electron chi connectivity index (χ4n) is 6.97. The molecule has 15 heteroatoms. The van der Waals surface area contributed by atoms with E-state index in [0.717, 1.165) is 19.2 Å². The minimum absolute atomic E-state index is 0.0810. The fourth-order valence-corrected chi connectivity index (χ4v) is 6.97. The number of allylic oxidation sites excluding steroid dienone is 3. The Bertz CT molecular complexity index is 1760. The summed E-state index contributed by atoms with van der Waals surface area (Å²) in [6.07, 6.45) is -13.7. The summed E-state index contributed by atoms with van der Waals surface area (Å²) in [5.74, 6) is -5.10. The quantitative estimate of drug-likeness (QED) is 0.155. The number of nitrogens with one attached hydrogen (secondary N) is 1. The van der Waals surface area contributed by atoms with E-state index >= 15 is 22.0 Å². The molecule has 7 nitrogen and oxygen atoms in total. The van der Waals surface area contributed by atoms with Gasteiger partial charge in [0, 0.05) is 12.3 Å². The van der Waals surface area contributed by atoms with Gasteiger partial charge in [-0.2, -0.15) is 26.3 Å². The maximum Gasteiger partial charge on any atom is 0.416 e. The van der Waals surface area contributed by atoms with Gasteiger partial charge in [0.1, 0.15) is 18.0 Å². The van der Waals surface area contributed by atoms with Crippen molar-refractivity contribution >= 4 is 17.4 Å². The second-order valence-electron chi connectivity index (χ2n) is 14.2. The first-order valence-corrected chi connectivity index (χ1v) is 17.3. The highest BCUT2D eigenvalue weighted by atomic mass is 19.4. The van der Waals surface area contributed by atoms with Crippen LogP contribution in [0.25, 0.3) is 5.57 Å². The van der Waals surface area contributed by atoms with Gasteiger partial charge in [-0.15, -0.1) is 0 Å². The van der Waals surface area contributed by atoms with Crippen LogP contribution in [0.15, 0.2) is 52.7 Å². The van der Waals surface area contributed by atoms with E-state index in [1.165, 1.54) is 6.92 Å². The summed E-state index contributed by atoms with van der Waals surface area (Å²) in [6.45, 7) is 8.74. The molecule has 2 aromatic rings. The molecule has 1 aliphatic rings. The first-order valence-electron chi connectivity index (χ1n) is 17.3. The van der Waals surface area contributed by atoms with Crippen LogP contribution in [0.2, 0.25) is 0 Å². The molecule has 0 aliphatic heterocycles. The van der Waals surface area contributed by atoms with Crippen LogP contribution in [0.1, 0.15) is 80.8 Å². The van der Waals surface area contributed by atoms with Gasteiger partial charge in [0.15, 0.2) is 5.41 Å². The highest BCUT2D eigenvalue weighted by molar-refractivity contribution is 5.83. The third-order valence-corrected chi connectivity index (χ3v) is 9.39. The van der Waals surface area contributed by atoms with Crippen LogP contribution >= 0.6 is 0 Å². The van der Waals surface area contributed by atoms with Crippen molar-refractivity contribution in [2.24, 2.45) is 11.3 Å². The number of hydrogen-bond acceptors (Lipinski definition) is 5. The molecule has 0 bridgehead atoms. The lowest BCUT2D eigenvalue weighted by molar-refractivity contribution is -0.240. The van der Waals surface area contributed by atoms with Gasteiger partial charge in [0.05, 0.1) is 24.6 Å². The molecule has 1 aromatic carbocycles. The highest BCUT2D eigenvalue weighted by Crippen LogP contribution is 2.58. The van der Waals surface area contributed by atoms with E-state index in [1.807, 2.05) is 0 Å². The number of ether oxygens (including phenoxy) is 1. The van der Waals surface area contributed by atoms with Gasteiger partial charge in [-0.05, 0) is 113 Å². The van der Waals surface area contributed by atoms with E-state index in [2.05, 4.69) is 5.32 Å². The molecular formula is C38H47F8N3O4. The van der Waals surface area contributed by atoms with E-state index in [0.29, 0.717) is 28.3 Å². The first-order chi connectivity index (χ1) is 24.5. The van der Waals surface area contributed by atoms with Crippen LogP contribution in [0.4, 0.5) is 35.1 Å². The van der Waals surface area contributed by atoms with Gasteiger partial charge in [-0.25, -0.2) is 8.78 Å².